The maximum absolute atomic E-state index is 5.80. The van der Waals surface area contributed by atoms with Gasteiger partial charge in [0.15, 0.2) is 0 Å². The Morgan fingerprint density at radius 1 is 1.21 bits per heavy atom. The Hall–Kier alpha value is -1.74. The molecule has 0 aliphatic heterocycles. The molecule has 0 bridgehead atoms. The number of furan rings is 1. The highest BCUT2D eigenvalue weighted by Crippen LogP contribution is 2.26. The van der Waals surface area contributed by atoms with E-state index in [0.717, 1.165) is 22.8 Å². The Labute approximate surface area is 113 Å². The highest BCUT2D eigenvalue weighted by Gasteiger charge is 2.12. The smallest absolute Gasteiger partial charge is 0.146 e. The van der Waals surface area contributed by atoms with Gasteiger partial charge in [-0.05, 0) is 55.5 Å². The van der Waals surface area contributed by atoms with Gasteiger partial charge in [-0.3, -0.25) is 0 Å². The van der Waals surface area contributed by atoms with Crippen molar-refractivity contribution in [2.75, 3.05) is 0 Å². The average Bonchev–Trinajstić information content (AvgIpc) is 3.01. The predicted octanol–water partition coefficient (Wildman–Crippen LogP) is 3.11. The van der Waals surface area contributed by atoms with Crippen LogP contribution in [0.25, 0.3) is 0 Å². The Morgan fingerprint density at radius 3 is 2.84 bits per heavy atom. The Kier molecular flexibility index (Phi) is 3.30. The van der Waals surface area contributed by atoms with Crippen molar-refractivity contribution >= 4 is 0 Å². The van der Waals surface area contributed by atoms with Crippen LogP contribution in [-0.4, -0.2) is 0 Å². The second kappa shape index (κ2) is 5.10. The molecule has 1 aromatic carbocycles. The number of fused-ring (bicyclic) bond motifs is 1. The third-order valence-electron chi connectivity index (χ3n) is 3.74. The predicted molar refractivity (Wildman–Crippen MR) is 74.1 cm³/mol. The summed E-state index contributed by atoms with van der Waals surface area (Å²) in [6.07, 6.45) is 3.63. The molecule has 0 spiro atoms. The molecular formula is C16H19NO2. The number of hydrogen-bond acceptors (Lipinski definition) is 3. The normalized spacial score (nSPS) is 13.6. The Morgan fingerprint density at radius 2 is 2.05 bits per heavy atom. The molecule has 0 atom stereocenters. The van der Waals surface area contributed by atoms with Crippen molar-refractivity contribution in [3.05, 3.63) is 52.5 Å². The monoisotopic (exact) mass is 257 g/mol. The van der Waals surface area contributed by atoms with Crippen LogP contribution in [0.5, 0.6) is 5.75 Å². The lowest BCUT2D eigenvalue weighted by Crippen LogP contribution is -1.96. The van der Waals surface area contributed by atoms with E-state index in [9.17, 15) is 0 Å². The van der Waals surface area contributed by atoms with Gasteiger partial charge in [0, 0.05) is 12.1 Å². The number of nitrogens with two attached hydrogens (primary N) is 1. The van der Waals surface area contributed by atoms with Crippen LogP contribution in [-0.2, 0) is 26.0 Å². The zero-order valence-corrected chi connectivity index (χ0v) is 11.2. The molecule has 0 saturated heterocycles. The zero-order valence-electron chi connectivity index (χ0n) is 11.2. The second-order valence-electron chi connectivity index (χ2n) is 5.07. The van der Waals surface area contributed by atoms with Gasteiger partial charge in [0.25, 0.3) is 0 Å². The maximum Gasteiger partial charge on any atom is 0.146 e. The van der Waals surface area contributed by atoms with Crippen molar-refractivity contribution in [3.63, 3.8) is 0 Å². The van der Waals surface area contributed by atoms with Gasteiger partial charge >= 0.3 is 0 Å². The molecule has 0 amide bonds. The molecule has 19 heavy (non-hydrogen) atoms. The molecule has 2 aromatic rings. The van der Waals surface area contributed by atoms with Crippen LogP contribution in [0.15, 0.2) is 28.7 Å². The topological polar surface area (TPSA) is 48.4 Å². The minimum absolute atomic E-state index is 0.458. The van der Waals surface area contributed by atoms with E-state index in [-0.39, 0.29) is 0 Å². The summed E-state index contributed by atoms with van der Waals surface area (Å²) in [5.41, 5.74) is 9.57. The largest absolute Gasteiger partial charge is 0.486 e. The lowest BCUT2D eigenvalue weighted by molar-refractivity contribution is 0.267. The third kappa shape index (κ3) is 2.51. The lowest BCUT2D eigenvalue weighted by Gasteiger charge is -2.06. The molecule has 1 aromatic heterocycles. The average molecular weight is 257 g/mol. The summed E-state index contributed by atoms with van der Waals surface area (Å²) < 4.78 is 11.4. The van der Waals surface area contributed by atoms with Crippen molar-refractivity contribution in [3.8, 4) is 5.75 Å². The van der Waals surface area contributed by atoms with Gasteiger partial charge in [0.1, 0.15) is 23.9 Å². The molecule has 2 N–H and O–H groups in total. The number of hydrogen-bond donors (Lipinski definition) is 1. The molecule has 3 rings (SSSR count). The minimum Gasteiger partial charge on any atom is -0.486 e. The summed E-state index contributed by atoms with van der Waals surface area (Å²) in [4.78, 5) is 0. The number of ether oxygens (including phenoxy) is 1. The molecule has 0 saturated carbocycles. The minimum atomic E-state index is 0.458. The molecule has 100 valence electrons. The number of benzene rings is 1. The summed E-state index contributed by atoms with van der Waals surface area (Å²) in [6.45, 7) is 2.90. The van der Waals surface area contributed by atoms with Gasteiger partial charge in [0.2, 0.25) is 0 Å². The Balaban J connectivity index is 1.68. The first-order chi connectivity index (χ1) is 9.26. The number of aryl methyl sites for hydroxylation is 3. The van der Waals surface area contributed by atoms with E-state index in [4.69, 9.17) is 14.9 Å². The fourth-order valence-electron chi connectivity index (χ4n) is 2.65. The first-order valence-electron chi connectivity index (χ1n) is 6.79. The fraction of sp³-hybridized carbons (Fsp3) is 0.375. The van der Waals surface area contributed by atoms with Crippen molar-refractivity contribution < 1.29 is 9.15 Å². The Bertz CT molecular complexity index is 586. The van der Waals surface area contributed by atoms with Gasteiger partial charge in [-0.2, -0.15) is 0 Å². The summed E-state index contributed by atoms with van der Waals surface area (Å²) in [5, 5.41) is 0. The van der Waals surface area contributed by atoms with Crippen molar-refractivity contribution in [1.82, 2.24) is 0 Å². The van der Waals surface area contributed by atoms with Gasteiger partial charge < -0.3 is 14.9 Å². The summed E-state index contributed by atoms with van der Waals surface area (Å²) >= 11 is 0. The SMILES string of the molecule is Cc1oc(COc2ccc3c(c2)CCC3)cc1CN. The van der Waals surface area contributed by atoms with Crippen LogP contribution in [0.3, 0.4) is 0 Å². The molecule has 0 fully saturated rings. The molecule has 3 heteroatoms. The van der Waals surface area contributed by atoms with E-state index in [1.54, 1.807) is 0 Å². The summed E-state index contributed by atoms with van der Waals surface area (Å²) in [5.74, 6) is 2.64. The highest BCUT2D eigenvalue weighted by atomic mass is 16.5. The number of rotatable bonds is 4. The van der Waals surface area contributed by atoms with Gasteiger partial charge in [-0.15, -0.1) is 0 Å². The van der Waals surface area contributed by atoms with Crippen molar-refractivity contribution in [2.24, 2.45) is 5.73 Å². The van der Waals surface area contributed by atoms with E-state index in [1.165, 1.54) is 30.4 Å². The van der Waals surface area contributed by atoms with Gasteiger partial charge in [0.05, 0.1) is 0 Å². The summed E-state index contributed by atoms with van der Waals surface area (Å²) in [7, 11) is 0. The van der Waals surface area contributed by atoms with Gasteiger partial charge in [-0.25, -0.2) is 0 Å². The second-order valence-corrected chi connectivity index (χ2v) is 5.07. The van der Waals surface area contributed by atoms with Crippen molar-refractivity contribution in [2.45, 2.75) is 39.3 Å². The van der Waals surface area contributed by atoms with Crippen LogP contribution >= 0.6 is 0 Å². The van der Waals surface area contributed by atoms with Crippen LogP contribution in [0, 0.1) is 6.92 Å². The third-order valence-corrected chi connectivity index (χ3v) is 3.74. The molecule has 0 unspecified atom stereocenters. The first-order valence-corrected chi connectivity index (χ1v) is 6.79. The lowest BCUT2D eigenvalue weighted by atomic mass is 10.1. The van der Waals surface area contributed by atoms with E-state index < -0.39 is 0 Å². The fourth-order valence-corrected chi connectivity index (χ4v) is 2.65. The molecule has 1 aliphatic carbocycles. The van der Waals surface area contributed by atoms with E-state index in [2.05, 4.69) is 12.1 Å². The molecule has 1 heterocycles. The summed E-state index contributed by atoms with van der Waals surface area (Å²) in [6, 6.07) is 8.35. The molecular weight excluding hydrogens is 238 g/mol. The molecule has 1 aliphatic rings. The highest BCUT2D eigenvalue weighted by molar-refractivity contribution is 5.38. The van der Waals surface area contributed by atoms with E-state index in [0.29, 0.717) is 13.2 Å². The standard InChI is InChI=1S/C16H19NO2/c1-11-14(9-17)8-16(19-11)10-18-15-6-5-12-3-2-4-13(12)7-15/h5-8H,2-4,9-10,17H2,1H3. The van der Waals surface area contributed by atoms with E-state index >= 15 is 0 Å². The van der Waals surface area contributed by atoms with Crippen LogP contribution < -0.4 is 10.5 Å². The van der Waals surface area contributed by atoms with Crippen LogP contribution in [0.2, 0.25) is 0 Å². The van der Waals surface area contributed by atoms with Crippen molar-refractivity contribution in [1.29, 1.82) is 0 Å². The first kappa shape index (κ1) is 12.3. The quantitative estimate of drug-likeness (QED) is 0.915. The molecule has 0 radical (unpaired) electrons. The van der Waals surface area contributed by atoms with Crippen LogP contribution in [0.4, 0.5) is 0 Å². The van der Waals surface area contributed by atoms with Gasteiger partial charge in [-0.1, -0.05) is 6.07 Å². The maximum atomic E-state index is 5.80. The van der Waals surface area contributed by atoms with E-state index in [1.807, 2.05) is 19.1 Å². The molecule has 3 nitrogen and oxygen atoms in total. The zero-order chi connectivity index (χ0) is 13.2. The van der Waals surface area contributed by atoms with Crippen LogP contribution in [0.1, 0.15) is 34.6 Å².